The van der Waals surface area contributed by atoms with Gasteiger partial charge < -0.3 is 5.11 Å². The van der Waals surface area contributed by atoms with Gasteiger partial charge in [-0.3, -0.25) is 9.36 Å². The molecule has 0 atom stereocenters. The molecule has 0 aliphatic rings. The number of carboxylic acid groups (broad SMARTS) is 1. The van der Waals surface area contributed by atoms with E-state index >= 15 is 0 Å². The maximum Gasteiger partial charge on any atom is 0.313 e. The second-order valence-corrected chi connectivity index (χ2v) is 7.86. The summed E-state index contributed by atoms with van der Waals surface area (Å²) in [6.07, 6.45) is 1.84. The highest BCUT2D eigenvalue weighted by Crippen LogP contribution is 2.30. The average Bonchev–Trinajstić information content (AvgIpc) is 2.81. The fourth-order valence-corrected chi connectivity index (χ4v) is 3.00. The van der Waals surface area contributed by atoms with Crippen LogP contribution in [0.1, 0.15) is 26.5 Å². The van der Waals surface area contributed by atoms with E-state index in [4.69, 9.17) is 5.11 Å². The van der Waals surface area contributed by atoms with E-state index in [-0.39, 0.29) is 11.2 Å². The van der Waals surface area contributed by atoms with Crippen molar-refractivity contribution in [3.63, 3.8) is 0 Å². The molecule has 6 heteroatoms. The smallest absolute Gasteiger partial charge is 0.313 e. The number of hydrogen-bond donors (Lipinski definition) is 1. The number of imidazole rings is 1. The first-order valence-electron chi connectivity index (χ1n) is 6.48. The summed E-state index contributed by atoms with van der Waals surface area (Å²) >= 11 is 3.51. The molecule has 0 bridgehead atoms. The first-order valence-corrected chi connectivity index (χ1v) is 8.54. The van der Waals surface area contributed by atoms with Gasteiger partial charge in [0.2, 0.25) is 0 Å². The average molecular weight is 416 g/mol. The molecule has 112 valence electrons. The van der Waals surface area contributed by atoms with Crippen molar-refractivity contribution < 1.29 is 9.90 Å². The molecule has 0 saturated heterocycles. The lowest BCUT2D eigenvalue weighted by Gasteiger charge is -2.21. The zero-order valence-corrected chi connectivity index (χ0v) is 15.1. The van der Waals surface area contributed by atoms with Crippen molar-refractivity contribution in [1.29, 1.82) is 0 Å². The van der Waals surface area contributed by atoms with Crippen molar-refractivity contribution in [3.8, 4) is 5.69 Å². The minimum Gasteiger partial charge on any atom is -0.481 e. The zero-order chi connectivity index (χ0) is 15.6. The normalized spacial score (nSPS) is 11.6. The summed E-state index contributed by atoms with van der Waals surface area (Å²) < 4.78 is 3.21. The summed E-state index contributed by atoms with van der Waals surface area (Å²) in [4.78, 5) is 15.2. The number of benzene rings is 1. The minimum atomic E-state index is -0.838. The standard InChI is InChI=1S/C15H17IN2O2S/c1-15(2,3)12-8-17-14(21-9-13(19)20)18(12)11-6-4-10(16)5-7-11/h4-8H,9H2,1-3H3,(H,19,20). The summed E-state index contributed by atoms with van der Waals surface area (Å²) in [6.45, 7) is 6.37. The van der Waals surface area contributed by atoms with Crippen LogP contribution >= 0.6 is 34.4 Å². The number of aliphatic carboxylic acids is 1. The van der Waals surface area contributed by atoms with Crippen LogP contribution in [0, 0.1) is 3.57 Å². The van der Waals surface area contributed by atoms with E-state index in [0.29, 0.717) is 5.16 Å². The molecule has 0 saturated carbocycles. The Balaban J connectivity index is 2.50. The number of thioether (sulfide) groups is 1. The second-order valence-electron chi connectivity index (χ2n) is 5.67. The van der Waals surface area contributed by atoms with Crippen LogP contribution in [0.25, 0.3) is 5.69 Å². The summed E-state index contributed by atoms with van der Waals surface area (Å²) in [5, 5.41) is 9.59. The Labute approximate surface area is 142 Å². The van der Waals surface area contributed by atoms with Gasteiger partial charge in [0.25, 0.3) is 0 Å². The van der Waals surface area contributed by atoms with Gasteiger partial charge in [-0.15, -0.1) is 0 Å². The summed E-state index contributed by atoms with van der Waals surface area (Å²) in [7, 11) is 0. The molecule has 0 amide bonds. The van der Waals surface area contributed by atoms with E-state index in [1.807, 2.05) is 35.0 Å². The molecule has 2 rings (SSSR count). The van der Waals surface area contributed by atoms with Crippen LogP contribution in [0.4, 0.5) is 0 Å². The van der Waals surface area contributed by atoms with Gasteiger partial charge in [-0.05, 0) is 46.9 Å². The Bertz CT molecular complexity index is 645. The minimum absolute atomic E-state index is 0.00492. The third-order valence-corrected chi connectivity index (χ3v) is 4.56. The van der Waals surface area contributed by atoms with Gasteiger partial charge in [-0.1, -0.05) is 32.5 Å². The highest BCUT2D eigenvalue weighted by atomic mass is 127. The van der Waals surface area contributed by atoms with E-state index < -0.39 is 5.97 Å². The van der Waals surface area contributed by atoms with Crippen LogP contribution in [0.2, 0.25) is 0 Å². The molecule has 1 heterocycles. The molecule has 1 aromatic carbocycles. The molecule has 1 aromatic heterocycles. The molecular weight excluding hydrogens is 399 g/mol. The van der Waals surface area contributed by atoms with E-state index in [9.17, 15) is 4.79 Å². The Morgan fingerprint density at radius 1 is 1.33 bits per heavy atom. The van der Waals surface area contributed by atoms with Crippen LogP contribution in [0.3, 0.4) is 0 Å². The number of halogens is 1. The molecule has 0 spiro atoms. The van der Waals surface area contributed by atoms with Crippen molar-refractivity contribution in [2.24, 2.45) is 0 Å². The fraction of sp³-hybridized carbons (Fsp3) is 0.333. The molecule has 1 N–H and O–H groups in total. The van der Waals surface area contributed by atoms with Gasteiger partial charge in [0.1, 0.15) is 0 Å². The number of nitrogens with zero attached hydrogens (tertiary/aromatic N) is 2. The second kappa shape index (κ2) is 6.39. The largest absolute Gasteiger partial charge is 0.481 e. The molecule has 0 aliphatic heterocycles. The fourth-order valence-electron chi connectivity index (χ4n) is 1.93. The SMILES string of the molecule is CC(C)(C)c1cnc(SCC(=O)O)n1-c1ccc(I)cc1. The van der Waals surface area contributed by atoms with Crippen LogP contribution in [0.5, 0.6) is 0 Å². The molecule has 2 aromatic rings. The van der Waals surface area contributed by atoms with Crippen LogP contribution in [-0.4, -0.2) is 26.4 Å². The monoisotopic (exact) mass is 416 g/mol. The summed E-state index contributed by atoms with van der Waals surface area (Å²) in [5.74, 6) is -0.834. The van der Waals surface area contributed by atoms with Crippen molar-refractivity contribution in [3.05, 3.63) is 39.7 Å². The van der Waals surface area contributed by atoms with Gasteiger partial charge in [-0.25, -0.2) is 4.98 Å². The van der Waals surface area contributed by atoms with E-state index in [2.05, 4.69) is 48.3 Å². The summed E-state index contributed by atoms with van der Waals surface area (Å²) in [5.41, 5.74) is 2.00. The number of rotatable bonds is 4. The van der Waals surface area contributed by atoms with Crippen LogP contribution in [0.15, 0.2) is 35.6 Å². The third kappa shape index (κ3) is 4.00. The van der Waals surface area contributed by atoms with Crippen molar-refractivity contribution in [1.82, 2.24) is 9.55 Å². The van der Waals surface area contributed by atoms with Gasteiger partial charge >= 0.3 is 5.97 Å². The predicted octanol–water partition coefficient (Wildman–Crippen LogP) is 3.95. The maximum atomic E-state index is 10.8. The Kier molecular flexibility index (Phi) is 4.98. The lowest BCUT2D eigenvalue weighted by Crippen LogP contribution is -2.17. The van der Waals surface area contributed by atoms with Crippen molar-refractivity contribution >= 4 is 40.3 Å². The maximum absolute atomic E-state index is 10.8. The van der Waals surface area contributed by atoms with Crippen molar-refractivity contribution in [2.45, 2.75) is 31.3 Å². The zero-order valence-electron chi connectivity index (χ0n) is 12.1. The first-order chi connectivity index (χ1) is 9.79. The quantitative estimate of drug-likeness (QED) is 0.606. The molecule has 0 fully saturated rings. The Morgan fingerprint density at radius 2 is 1.95 bits per heavy atom. The first kappa shape index (κ1) is 16.4. The molecule has 0 radical (unpaired) electrons. The lowest BCUT2D eigenvalue weighted by molar-refractivity contribution is -0.133. The lowest BCUT2D eigenvalue weighted by atomic mass is 9.92. The van der Waals surface area contributed by atoms with E-state index in [1.54, 1.807) is 0 Å². The van der Waals surface area contributed by atoms with E-state index in [1.165, 1.54) is 11.8 Å². The molecule has 0 aliphatic carbocycles. The Morgan fingerprint density at radius 3 is 2.48 bits per heavy atom. The third-order valence-electron chi connectivity index (χ3n) is 2.91. The number of carboxylic acids is 1. The van der Waals surface area contributed by atoms with Crippen molar-refractivity contribution in [2.75, 3.05) is 5.75 Å². The van der Waals surface area contributed by atoms with Gasteiger partial charge in [0.05, 0.1) is 11.9 Å². The molecule has 4 nitrogen and oxygen atoms in total. The topological polar surface area (TPSA) is 55.1 Å². The van der Waals surface area contributed by atoms with Crippen LogP contribution < -0.4 is 0 Å². The number of carbonyl (C=O) groups is 1. The van der Waals surface area contributed by atoms with E-state index in [0.717, 1.165) is 15.0 Å². The van der Waals surface area contributed by atoms with Gasteiger partial charge in [0, 0.05) is 20.4 Å². The highest BCUT2D eigenvalue weighted by molar-refractivity contribution is 14.1. The number of aromatic nitrogens is 2. The Hall–Kier alpha value is -1.02. The van der Waals surface area contributed by atoms with Gasteiger partial charge in [-0.2, -0.15) is 0 Å². The predicted molar refractivity (Wildman–Crippen MR) is 93.3 cm³/mol. The molecular formula is C15H17IN2O2S. The highest BCUT2D eigenvalue weighted by Gasteiger charge is 2.23. The van der Waals surface area contributed by atoms with Gasteiger partial charge in [0.15, 0.2) is 5.16 Å². The summed E-state index contributed by atoms with van der Waals surface area (Å²) in [6, 6.07) is 8.13. The van der Waals surface area contributed by atoms with Crippen LogP contribution in [-0.2, 0) is 10.2 Å². The molecule has 21 heavy (non-hydrogen) atoms. The number of hydrogen-bond acceptors (Lipinski definition) is 3. The molecule has 0 unspecified atom stereocenters.